The summed E-state index contributed by atoms with van der Waals surface area (Å²) in [5, 5.41) is 9.44. The molecule has 0 unspecified atom stereocenters. The Kier molecular flexibility index (Phi) is 4.03. The van der Waals surface area contributed by atoms with E-state index in [4.69, 9.17) is 0 Å². The number of aryl methyl sites for hydroxylation is 1. The number of nitrogens with zero attached hydrogens (tertiary/aromatic N) is 2. The smallest absolute Gasteiger partial charge is 0.256 e. The van der Waals surface area contributed by atoms with Crippen LogP contribution in [0.4, 0.5) is 0 Å². The molecule has 2 aromatic rings. The average molecular weight is 298 g/mol. The van der Waals surface area contributed by atoms with E-state index in [0.717, 1.165) is 42.0 Å². The predicted octanol–water partition coefficient (Wildman–Crippen LogP) is 2.69. The van der Waals surface area contributed by atoms with Crippen LogP contribution in [-0.2, 0) is 0 Å². The molecule has 0 bridgehead atoms. The van der Waals surface area contributed by atoms with Crippen LogP contribution in [0.3, 0.4) is 0 Å². The van der Waals surface area contributed by atoms with Crippen molar-refractivity contribution in [1.29, 1.82) is 0 Å². The van der Waals surface area contributed by atoms with E-state index < -0.39 is 0 Å². The molecular formula is C18H22N2O2. The van der Waals surface area contributed by atoms with Gasteiger partial charge in [-0.3, -0.25) is 4.79 Å². The molecule has 116 valence electrons. The number of rotatable bonds is 3. The number of para-hydroxylation sites is 1. The lowest BCUT2D eigenvalue weighted by molar-refractivity contribution is 0.0677. The molecular weight excluding hydrogens is 276 g/mol. The molecule has 1 fully saturated rings. The van der Waals surface area contributed by atoms with Gasteiger partial charge in [0.15, 0.2) is 0 Å². The number of likely N-dealkylation sites (tertiary alicyclic amines) is 1. The van der Waals surface area contributed by atoms with E-state index in [2.05, 4.69) is 4.57 Å². The number of benzene rings is 1. The fourth-order valence-corrected chi connectivity index (χ4v) is 3.40. The van der Waals surface area contributed by atoms with E-state index in [1.807, 2.05) is 55.1 Å². The summed E-state index contributed by atoms with van der Waals surface area (Å²) in [7, 11) is 0. The SMILES string of the molecule is Cc1cc(C(=O)N2CCC[C@@H]2CO)c(C)n1-c1ccccc1. The zero-order valence-corrected chi connectivity index (χ0v) is 13.1. The fourth-order valence-electron chi connectivity index (χ4n) is 3.40. The summed E-state index contributed by atoms with van der Waals surface area (Å²) in [5.41, 5.74) is 3.81. The van der Waals surface area contributed by atoms with Crippen molar-refractivity contribution in [3.05, 3.63) is 53.3 Å². The van der Waals surface area contributed by atoms with Crippen molar-refractivity contribution in [3.63, 3.8) is 0 Å². The highest BCUT2D eigenvalue weighted by Crippen LogP contribution is 2.25. The minimum atomic E-state index is -0.0349. The van der Waals surface area contributed by atoms with Crippen LogP contribution in [0.5, 0.6) is 0 Å². The van der Waals surface area contributed by atoms with Crippen LogP contribution < -0.4 is 0 Å². The number of carbonyl (C=O) groups is 1. The van der Waals surface area contributed by atoms with Gasteiger partial charge in [0.1, 0.15) is 0 Å². The molecule has 22 heavy (non-hydrogen) atoms. The van der Waals surface area contributed by atoms with Crippen molar-refractivity contribution in [1.82, 2.24) is 9.47 Å². The van der Waals surface area contributed by atoms with Crippen molar-refractivity contribution in [2.45, 2.75) is 32.7 Å². The maximum Gasteiger partial charge on any atom is 0.256 e. The molecule has 4 nitrogen and oxygen atoms in total. The molecule has 0 spiro atoms. The van der Waals surface area contributed by atoms with Crippen LogP contribution in [0.2, 0.25) is 0 Å². The Morgan fingerprint density at radius 3 is 2.68 bits per heavy atom. The largest absolute Gasteiger partial charge is 0.394 e. The maximum absolute atomic E-state index is 12.8. The molecule has 1 aliphatic rings. The Bertz CT molecular complexity index is 676. The van der Waals surface area contributed by atoms with Crippen molar-refractivity contribution in [3.8, 4) is 5.69 Å². The maximum atomic E-state index is 12.8. The highest BCUT2D eigenvalue weighted by molar-refractivity contribution is 5.96. The van der Waals surface area contributed by atoms with Gasteiger partial charge in [0.05, 0.1) is 18.2 Å². The van der Waals surface area contributed by atoms with E-state index in [-0.39, 0.29) is 18.6 Å². The first-order valence-electron chi connectivity index (χ1n) is 7.79. The second-order valence-corrected chi connectivity index (χ2v) is 5.93. The Morgan fingerprint density at radius 2 is 2.00 bits per heavy atom. The van der Waals surface area contributed by atoms with Gasteiger partial charge in [-0.2, -0.15) is 0 Å². The standard InChI is InChI=1S/C18H22N2O2/c1-13-11-17(18(22)19-10-6-9-16(19)12-21)14(2)20(13)15-7-4-3-5-8-15/h3-5,7-8,11,16,21H,6,9-10,12H2,1-2H3/t16-/m1/s1. The third-order valence-corrected chi connectivity index (χ3v) is 4.52. The first-order valence-corrected chi connectivity index (χ1v) is 7.79. The van der Waals surface area contributed by atoms with Crippen molar-refractivity contribution in [2.75, 3.05) is 13.2 Å². The fraction of sp³-hybridized carbons (Fsp3) is 0.389. The van der Waals surface area contributed by atoms with Crippen LogP contribution in [0, 0.1) is 13.8 Å². The average Bonchev–Trinajstić information content (AvgIpc) is 3.12. The number of hydrogen-bond donors (Lipinski definition) is 1. The van der Waals surface area contributed by atoms with E-state index in [1.165, 1.54) is 0 Å². The minimum Gasteiger partial charge on any atom is -0.394 e. The predicted molar refractivity (Wildman–Crippen MR) is 86.4 cm³/mol. The van der Waals surface area contributed by atoms with Gasteiger partial charge in [-0.05, 0) is 44.9 Å². The van der Waals surface area contributed by atoms with Crippen molar-refractivity contribution >= 4 is 5.91 Å². The van der Waals surface area contributed by atoms with Gasteiger partial charge in [-0.1, -0.05) is 18.2 Å². The molecule has 1 saturated heterocycles. The zero-order valence-electron chi connectivity index (χ0n) is 13.1. The first kappa shape index (κ1) is 14.9. The summed E-state index contributed by atoms with van der Waals surface area (Å²) in [6.45, 7) is 4.78. The van der Waals surface area contributed by atoms with Crippen LogP contribution in [0.1, 0.15) is 34.6 Å². The summed E-state index contributed by atoms with van der Waals surface area (Å²) in [6, 6.07) is 12.0. The highest BCUT2D eigenvalue weighted by atomic mass is 16.3. The monoisotopic (exact) mass is 298 g/mol. The Hall–Kier alpha value is -2.07. The number of aliphatic hydroxyl groups excluding tert-OH is 1. The third-order valence-electron chi connectivity index (χ3n) is 4.52. The van der Waals surface area contributed by atoms with E-state index in [1.54, 1.807) is 0 Å². The summed E-state index contributed by atoms with van der Waals surface area (Å²) in [5.74, 6) is 0.0341. The second-order valence-electron chi connectivity index (χ2n) is 5.93. The molecule has 1 N–H and O–H groups in total. The number of amides is 1. The van der Waals surface area contributed by atoms with E-state index >= 15 is 0 Å². The lowest BCUT2D eigenvalue weighted by atomic mass is 10.2. The van der Waals surface area contributed by atoms with E-state index in [9.17, 15) is 9.90 Å². The van der Waals surface area contributed by atoms with Crippen molar-refractivity contribution in [2.24, 2.45) is 0 Å². The van der Waals surface area contributed by atoms with Crippen LogP contribution in [0.25, 0.3) is 5.69 Å². The summed E-state index contributed by atoms with van der Waals surface area (Å²) >= 11 is 0. The number of carbonyl (C=O) groups excluding carboxylic acids is 1. The minimum absolute atomic E-state index is 0.0341. The molecule has 1 aromatic carbocycles. The Morgan fingerprint density at radius 1 is 1.27 bits per heavy atom. The van der Waals surface area contributed by atoms with Gasteiger partial charge in [0.2, 0.25) is 0 Å². The van der Waals surface area contributed by atoms with E-state index in [0.29, 0.717) is 0 Å². The summed E-state index contributed by atoms with van der Waals surface area (Å²) < 4.78 is 2.11. The molecule has 2 heterocycles. The molecule has 4 heteroatoms. The Labute approximate surface area is 131 Å². The molecule has 1 atom stereocenters. The topological polar surface area (TPSA) is 45.5 Å². The van der Waals surface area contributed by atoms with Gasteiger partial charge in [-0.15, -0.1) is 0 Å². The number of aromatic nitrogens is 1. The van der Waals surface area contributed by atoms with Gasteiger partial charge in [0.25, 0.3) is 5.91 Å². The third kappa shape index (κ3) is 2.44. The second kappa shape index (κ2) is 5.97. The zero-order chi connectivity index (χ0) is 15.7. The molecule has 3 rings (SSSR count). The summed E-state index contributed by atoms with van der Waals surface area (Å²) in [4.78, 5) is 14.7. The van der Waals surface area contributed by atoms with Gasteiger partial charge < -0.3 is 14.6 Å². The molecule has 1 aliphatic heterocycles. The van der Waals surface area contributed by atoms with Crippen LogP contribution >= 0.6 is 0 Å². The first-order chi connectivity index (χ1) is 10.6. The van der Waals surface area contributed by atoms with Crippen LogP contribution in [0.15, 0.2) is 36.4 Å². The normalized spacial score (nSPS) is 18.0. The number of hydrogen-bond acceptors (Lipinski definition) is 2. The quantitative estimate of drug-likeness (QED) is 0.947. The number of aliphatic hydroxyl groups is 1. The van der Waals surface area contributed by atoms with Gasteiger partial charge >= 0.3 is 0 Å². The van der Waals surface area contributed by atoms with Crippen molar-refractivity contribution < 1.29 is 9.90 Å². The highest BCUT2D eigenvalue weighted by Gasteiger charge is 2.30. The van der Waals surface area contributed by atoms with Crippen LogP contribution in [-0.4, -0.2) is 39.7 Å². The lowest BCUT2D eigenvalue weighted by Gasteiger charge is -2.23. The molecule has 0 saturated carbocycles. The summed E-state index contributed by atoms with van der Waals surface area (Å²) in [6.07, 6.45) is 1.86. The lowest BCUT2D eigenvalue weighted by Crippen LogP contribution is -2.37. The van der Waals surface area contributed by atoms with Gasteiger partial charge in [-0.25, -0.2) is 0 Å². The van der Waals surface area contributed by atoms with Gasteiger partial charge in [0, 0.05) is 23.6 Å². The molecule has 0 aliphatic carbocycles. The molecule has 1 aromatic heterocycles. The molecule has 0 radical (unpaired) electrons. The Balaban J connectivity index is 1.98. The molecule has 1 amide bonds.